The van der Waals surface area contributed by atoms with Crippen molar-refractivity contribution in [2.45, 2.75) is 33.1 Å². The van der Waals surface area contributed by atoms with E-state index in [-0.39, 0.29) is 5.91 Å². The Morgan fingerprint density at radius 3 is 2.38 bits per heavy atom. The molecule has 3 N–H and O–H groups in total. The summed E-state index contributed by atoms with van der Waals surface area (Å²) in [4.78, 5) is 15.0. The topological polar surface area (TPSA) is 94.0 Å². The molecule has 0 aliphatic carbocycles. The van der Waals surface area contributed by atoms with Crippen LogP contribution in [0.15, 0.2) is 42.0 Å². The highest BCUT2D eigenvalue weighted by molar-refractivity contribution is 5.98. The number of likely N-dealkylation sites (tertiary alicyclic amines) is 1. The first-order valence-corrected chi connectivity index (χ1v) is 9.79. The molecule has 5 nitrogen and oxygen atoms in total. The maximum Gasteiger partial charge on any atom is 0.254 e. The highest BCUT2D eigenvalue weighted by Crippen LogP contribution is 2.30. The first-order chi connectivity index (χ1) is 13.9. The molecule has 1 saturated heterocycles. The van der Waals surface area contributed by atoms with Crippen molar-refractivity contribution in [2.24, 2.45) is 5.73 Å². The van der Waals surface area contributed by atoms with Gasteiger partial charge in [-0.2, -0.15) is 5.26 Å². The van der Waals surface area contributed by atoms with Gasteiger partial charge < -0.3 is 16.0 Å². The van der Waals surface area contributed by atoms with Crippen LogP contribution in [-0.4, -0.2) is 30.1 Å². The quantitative estimate of drug-likeness (QED) is 0.756. The third kappa shape index (κ3) is 3.93. The number of benzene rings is 2. The molecule has 0 bridgehead atoms. The molecule has 2 aromatic carbocycles. The molecule has 1 heterocycles. The number of nitrogens with two attached hydrogens (primary N) is 1. The molecule has 1 aliphatic heterocycles. The van der Waals surface area contributed by atoms with Crippen molar-refractivity contribution in [3.05, 3.63) is 75.4 Å². The van der Waals surface area contributed by atoms with Gasteiger partial charge in [0.05, 0.1) is 11.6 Å². The van der Waals surface area contributed by atoms with Gasteiger partial charge in [0.2, 0.25) is 0 Å². The Morgan fingerprint density at radius 1 is 1.21 bits per heavy atom. The number of aryl methyl sites for hydroxylation is 2. The van der Waals surface area contributed by atoms with Gasteiger partial charge >= 0.3 is 0 Å². The Morgan fingerprint density at radius 2 is 1.83 bits per heavy atom. The van der Waals surface area contributed by atoms with Crippen molar-refractivity contribution >= 4 is 17.8 Å². The Balaban J connectivity index is 1.81. The van der Waals surface area contributed by atoms with Gasteiger partial charge in [0.15, 0.2) is 0 Å². The minimum atomic E-state index is 0.00865. The Labute approximate surface area is 172 Å². The van der Waals surface area contributed by atoms with E-state index in [1.807, 2.05) is 62.1 Å². The Kier molecular flexibility index (Phi) is 5.84. The van der Waals surface area contributed by atoms with Gasteiger partial charge in [-0.3, -0.25) is 4.79 Å². The molecule has 0 saturated carbocycles. The van der Waals surface area contributed by atoms with E-state index >= 15 is 0 Å². The lowest BCUT2D eigenvalue weighted by Gasteiger charge is -2.40. The fourth-order valence-corrected chi connectivity index (χ4v) is 3.77. The second kappa shape index (κ2) is 8.32. The monoisotopic (exact) mass is 386 g/mol. The van der Waals surface area contributed by atoms with Crippen molar-refractivity contribution in [1.29, 1.82) is 10.7 Å². The van der Waals surface area contributed by atoms with Crippen molar-refractivity contribution in [3.63, 3.8) is 0 Å². The lowest BCUT2D eigenvalue weighted by molar-refractivity contribution is 0.0601. The molecular weight excluding hydrogens is 360 g/mol. The first kappa shape index (κ1) is 20.3. The van der Waals surface area contributed by atoms with E-state index in [1.54, 1.807) is 0 Å². The van der Waals surface area contributed by atoms with Crippen LogP contribution < -0.4 is 5.73 Å². The zero-order valence-corrected chi connectivity index (χ0v) is 17.1. The molecule has 2 aromatic rings. The van der Waals surface area contributed by atoms with Gasteiger partial charge in [-0.05, 0) is 60.7 Å². The van der Waals surface area contributed by atoms with Crippen molar-refractivity contribution in [2.75, 3.05) is 13.1 Å². The Hall–Kier alpha value is -3.39. The summed E-state index contributed by atoms with van der Waals surface area (Å²) < 4.78 is 0. The molecule has 3 rings (SSSR count). The summed E-state index contributed by atoms with van der Waals surface area (Å²) in [5.74, 6) is 0.306. The smallest absolute Gasteiger partial charge is 0.254 e. The van der Waals surface area contributed by atoms with Gasteiger partial charge in [-0.25, -0.2) is 0 Å². The second-order valence-corrected chi connectivity index (χ2v) is 7.56. The van der Waals surface area contributed by atoms with Crippen LogP contribution in [0.2, 0.25) is 0 Å². The predicted molar refractivity (Wildman–Crippen MR) is 116 cm³/mol. The van der Waals surface area contributed by atoms with Gasteiger partial charge in [0.1, 0.15) is 0 Å². The third-order valence-electron chi connectivity index (χ3n) is 5.67. The number of carbonyl (C=O) groups excluding carboxylic acids is 1. The Bertz CT molecular complexity index is 1020. The van der Waals surface area contributed by atoms with Crippen LogP contribution in [0.1, 0.15) is 57.4 Å². The number of nitrogens with zero attached hydrogens (tertiary/aromatic N) is 2. The standard InChI is InChI=1S/C24H26N4O/c1-4-18(12-26)23(27)21-10-22(16(3)9-15(21)2)24(29)28-13-20(14-28)19-7-5-17(11-25)6-8-19/h5-10,12,20,26H,4,13-14,27H2,1-3H3/b23-18-,26-12?. The summed E-state index contributed by atoms with van der Waals surface area (Å²) in [5.41, 5.74) is 12.8. The minimum Gasteiger partial charge on any atom is -0.398 e. The molecule has 148 valence electrons. The SMILES string of the molecule is CC/C(C=N)=C(/N)c1cc(C(=O)N2CC(c3ccc(C#N)cc3)C2)c(C)cc1C. The number of hydrogen-bond donors (Lipinski definition) is 2. The number of allylic oxidation sites excluding steroid dienone is 1. The molecule has 0 unspecified atom stereocenters. The zero-order chi connectivity index (χ0) is 21.1. The van der Waals surface area contributed by atoms with Crippen molar-refractivity contribution in [1.82, 2.24) is 4.90 Å². The summed E-state index contributed by atoms with van der Waals surface area (Å²) in [6, 6.07) is 13.6. The summed E-state index contributed by atoms with van der Waals surface area (Å²) in [6.45, 7) is 7.22. The molecular formula is C24H26N4O. The average molecular weight is 386 g/mol. The summed E-state index contributed by atoms with van der Waals surface area (Å²) in [5, 5.41) is 16.5. The highest BCUT2D eigenvalue weighted by Gasteiger charge is 2.33. The van der Waals surface area contributed by atoms with Gasteiger partial charge in [-0.1, -0.05) is 25.1 Å². The lowest BCUT2D eigenvalue weighted by Crippen LogP contribution is -2.48. The largest absolute Gasteiger partial charge is 0.398 e. The number of nitriles is 1. The van der Waals surface area contributed by atoms with Crippen LogP contribution in [0.4, 0.5) is 0 Å². The molecule has 5 heteroatoms. The van der Waals surface area contributed by atoms with E-state index in [0.717, 1.165) is 27.8 Å². The number of hydrogen-bond acceptors (Lipinski definition) is 4. The summed E-state index contributed by atoms with van der Waals surface area (Å²) >= 11 is 0. The number of carbonyl (C=O) groups is 1. The van der Waals surface area contributed by atoms with E-state index in [9.17, 15) is 4.79 Å². The van der Waals surface area contributed by atoms with Crippen molar-refractivity contribution in [3.8, 4) is 6.07 Å². The summed E-state index contributed by atoms with van der Waals surface area (Å²) in [6.07, 6.45) is 1.96. The fourth-order valence-electron chi connectivity index (χ4n) is 3.77. The van der Waals surface area contributed by atoms with Crippen LogP contribution in [0.25, 0.3) is 5.70 Å². The lowest BCUT2D eigenvalue weighted by atomic mass is 9.89. The fraction of sp³-hybridized carbons (Fsp3) is 0.292. The molecule has 0 atom stereocenters. The van der Waals surface area contributed by atoms with Crippen LogP contribution in [0.3, 0.4) is 0 Å². The molecule has 0 spiro atoms. The second-order valence-electron chi connectivity index (χ2n) is 7.56. The van der Waals surface area contributed by atoms with E-state index in [1.165, 1.54) is 6.21 Å². The molecule has 1 fully saturated rings. The maximum absolute atomic E-state index is 13.1. The van der Waals surface area contributed by atoms with Gasteiger partial charge in [0, 0.05) is 42.0 Å². The van der Waals surface area contributed by atoms with E-state index in [0.29, 0.717) is 42.3 Å². The number of amides is 1. The normalized spacial score (nSPS) is 14.6. The minimum absolute atomic E-state index is 0.00865. The molecule has 1 amide bonds. The van der Waals surface area contributed by atoms with Crippen molar-refractivity contribution < 1.29 is 4.79 Å². The van der Waals surface area contributed by atoms with Crippen LogP contribution in [0, 0.1) is 30.6 Å². The van der Waals surface area contributed by atoms with Crippen LogP contribution >= 0.6 is 0 Å². The average Bonchev–Trinajstić information content (AvgIpc) is 2.68. The van der Waals surface area contributed by atoms with E-state index in [2.05, 4.69) is 6.07 Å². The molecule has 0 radical (unpaired) electrons. The van der Waals surface area contributed by atoms with Gasteiger partial charge in [-0.15, -0.1) is 0 Å². The van der Waals surface area contributed by atoms with Gasteiger partial charge in [0.25, 0.3) is 5.91 Å². The molecule has 0 aromatic heterocycles. The highest BCUT2D eigenvalue weighted by atomic mass is 16.2. The maximum atomic E-state index is 13.1. The molecule has 29 heavy (non-hydrogen) atoms. The first-order valence-electron chi connectivity index (χ1n) is 9.79. The van der Waals surface area contributed by atoms with E-state index in [4.69, 9.17) is 16.4 Å². The number of nitrogens with one attached hydrogen (secondary N) is 1. The summed E-state index contributed by atoms with van der Waals surface area (Å²) in [7, 11) is 0. The predicted octanol–water partition coefficient (Wildman–Crippen LogP) is 4.14. The van der Waals surface area contributed by atoms with Crippen LogP contribution in [0.5, 0.6) is 0 Å². The third-order valence-corrected chi connectivity index (χ3v) is 5.67. The zero-order valence-electron chi connectivity index (χ0n) is 17.1. The number of rotatable bonds is 5. The van der Waals surface area contributed by atoms with E-state index < -0.39 is 0 Å². The van der Waals surface area contributed by atoms with Crippen LogP contribution in [-0.2, 0) is 0 Å². The molecule has 1 aliphatic rings.